The first-order valence-electron chi connectivity index (χ1n) is 8.81. The van der Waals surface area contributed by atoms with Gasteiger partial charge in [0.25, 0.3) is 0 Å². The molecule has 0 aliphatic carbocycles. The summed E-state index contributed by atoms with van der Waals surface area (Å²) in [6.07, 6.45) is 4.64. The molecule has 134 valence electrons. The molecule has 1 unspecified atom stereocenters. The quantitative estimate of drug-likeness (QED) is 0.822. The lowest BCUT2D eigenvalue weighted by molar-refractivity contribution is -0.137. The maximum absolute atomic E-state index is 12.6. The van der Waals surface area contributed by atoms with Crippen LogP contribution in [0.2, 0.25) is 0 Å². The van der Waals surface area contributed by atoms with Crippen LogP contribution in [0, 0.1) is 5.92 Å². The highest BCUT2D eigenvalue weighted by atomic mass is 16.5. The largest absolute Gasteiger partial charge is 0.468 e. The van der Waals surface area contributed by atoms with Crippen LogP contribution in [0.4, 0.5) is 0 Å². The number of hydrogen-bond donors (Lipinski definition) is 0. The zero-order valence-electron chi connectivity index (χ0n) is 14.6. The third-order valence-electron chi connectivity index (χ3n) is 4.88. The first-order chi connectivity index (χ1) is 12.2. The maximum atomic E-state index is 12.6. The number of aromatic nitrogens is 2. The van der Waals surface area contributed by atoms with Crippen molar-refractivity contribution in [3.05, 3.63) is 41.9 Å². The minimum Gasteiger partial charge on any atom is -0.468 e. The van der Waals surface area contributed by atoms with Gasteiger partial charge in [0.2, 0.25) is 5.91 Å². The molecule has 0 bridgehead atoms. The lowest BCUT2D eigenvalue weighted by atomic mass is 10.1. The Balaban J connectivity index is 1.37. The van der Waals surface area contributed by atoms with E-state index in [4.69, 9.17) is 14.1 Å². The van der Waals surface area contributed by atoms with Crippen LogP contribution in [0.1, 0.15) is 23.7 Å². The first-order valence-corrected chi connectivity index (χ1v) is 8.81. The third kappa shape index (κ3) is 3.62. The molecule has 25 heavy (non-hydrogen) atoms. The topological polar surface area (TPSA) is 63.7 Å². The molecule has 4 rings (SSSR count). The van der Waals surface area contributed by atoms with E-state index in [1.807, 2.05) is 17.0 Å². The van der Waals surface area contributed by atoms with Crippen LogP contribution in [0.25, 0.3) is 0 Å². The number of carbonyl (C=O) groups is 1. The molecule has 1 atom stereocenters. The van der Waals surface area contributed by atoms with Gasteiger partial charge in [0, 0.05) is 32.4 Å². The van der Waals surface area contributed by atoms with E-state index in [1.165, 1.54) is 0 Å². The fraction of sp³-hybridized carbons (Fsp3) is 0.556. The van der Waals surface area contributed by atoms with E-state index in [0.717, 1.165) is 49.9 Å². The number of imidazole rings is 1. The van der Waals surface area contributed by atoms with Crippen LogP contribution in [-0.4, -0.2) is 52.1 Å². The summed E-state index contributed by atoms with van der Waals surface area (Å²) in [7, 11) is 2.05. The number of amides is 1. The average Bonchev–Trinajstić information content (AvgIpc) is 3.34. The maximum Gasteiger partial charge on any atom is 0.228 e. The zero-order chi connectivity index (χ0) is 17.2. The average molecular weight is 344 g/mol. The third-order valence-corrected chi connectivity index (χ3v) is 4.88. The smallest absolute Gasteiger partial charge is 0.228 e. The van der Waals surface area contributed by atoms with Crippen LogP contribution >= 0.6 is 0 Å². The molecule has 2 aromatic rings. The molecule has 4 heterocycles. The van der Waals surface area contributed by atoms with E-state index in [1.54, 1.807) is 6.26 Å². The van der Waals surface area contributed by atoms with Crippen molar-refractivity contribution in [3.8, 4) is 0 Å². The molecule has 0 spiro atoms. The van der Waals surface area contributed by atoms with E-state index in [-0.39, 0.29) is 11.8 Å². The highest BCUT2D eigenvalue weighted by molar-refractivity contribution is 5.79. The SMILES string of the molecule is CN(Cc1cn2c(n1)CN(C(=O)C1CCOC1)CC2)Cc1ccco1. The summed E-state index contributed by atoms with van der Waals surface area (Å²) in [6.45, 7) is 4.92. The van der Waals surface area contributed by atoms with Gasteiger partial charge in [-0.05, 0) is 25.6 Å². The Kier molecular flexibility index (Phi) is 4.59. The zero-order valence-corrected chi connectivity index (χ0v) is 14.6. The van der Waals surface area contributed by atoms with Crippen LogP contribution in [-0.2, 0) is 35.7 Å². The standard InChI is InChI=1S/C18H24N4O3/c1-20(11-16-3-2-7-25-16)9-15-10-21-5-6-22(12-17(21)19-15)18(23)14-4-8-24-13-14/h2-3,7,10,14H,4-6,8-9,11-13H2,1H3. The molecule has 7 heteroatoms. The number of fused-ring (bicyclic) bond motifs is 1. The Bertz CT molecular complexity index is 719. The minimum atomic E-state index is 0.0282. The van der Waals surface area contributed by atoms with Crippen LogP contribution < -0.4 is 0 Å². The van der Waals surface area contributed by atoms with Crippen molar-refractivity contribution in [1.29, 1.82) is 0 Å². The Hall–Kier alpha value is -2.12. The highest BCUT2D eigenvalue weighted by Gasteiger charge is 2.30. The van der Waals surface area contributed by atoms with Gasteiger partial charge in [-0.3, -0.25) is 9.69 Å². The summed E-state index contributed by atoms with van der Waals surface area (Å²) < 4.78 is 12.9. The fourth-order valence-corrected chi connectivity index (χ4v) is 3.56. The summed E-state index contributed by atoms with van der Waals surface area (Å²) >= 11 is 0. The normalized spacial score (nSPS) is 20.2. The molecule has 1 saturated heterocycles. The van der Waals surface area contributed by atoms with Crippen molar-refractivity contribution in [2.45, 2.75) is 32.6 Å². The molecule has 1 amide bonds. The van der Waals surface area contributed by atoms with Crippen molar-refractivity contribution in [2.24, 2.45) is 5.92 Å². The Morgan fingerprint density at radius 3 is 3.08 bits per heavy atom. The summed E-state index contributed by atoms with van der Waals surface area (Å²) in [5, 5.41) is 0. The van der Waals surface area contributed by atoms with Crippen LogP contribution in [0.3, 0.4) is 0 Å². The molecule has 0 saturated carbocycles. The Morgan fingerprint density at radius 1 is 1.40 bits per heavy atom. The predicted molar refractivity (Wildman–Crippen MR) is 90.4 cm³/mol. The monoisotopic (exact) mass is 344 g/mol. The number of ether oxygens (including phenoxy) is 1. The van der Waals surface area contributed by atoms with Crippen molar-refractivity contribution in [1.82, 2.24) is 19.4 Å². The molecule has 2 aromatic heterocycles. The summed E-state index contributed by atoms with van der Waals surface area (Å²) in [5.41, 5.74) is 1.03. The lowest BCUT2D eigenvalue weighted by Gasteiger charge is -2.29. The van der Waals surface area contributed by atoms with Crippen molar-refractivity contribution < 1.29 is 13.9 Å². The lowest BCUT2D eigenvalue weighted by Crippen LogP contribution is -2.41. The molecular formula is C18H24N4O3. The van der Waals surface area contributed by atoms with Crippen molar-refractivity contribution >= 4 is 5.91 Å². The molecular weight excluding hydrogens is 320 g/mol. The van der Waals surface area contributed by atoms with Gasteiger partial charge < -0.3 is 18.6 Å². The predicted octanol–water partition coefficient (Wildman–Crippen LogP) is 1.49. The number of nitrogens with zero attached hydrogens (tertiary/aromatic N) is 4. The first kappa shape index (κ1) is 16.4. The number of furan rings is 1. The van der Waals surface area contributed by atoms with E-state index >= 15 is 0 Å². The fourth-order valence-electron chi connectivity index (χ4n) is 3.56. The molecule has 2 aliphatic heterocycles. The van der Waals surface area contributed by atoms with Gasteiger partial charge in [-0.2, -0.15) is 0 Å². The van der Waals surface area contributed by atoms with E-state index in [2.05, 4.69) is 22.7 Å². The number of hydrogen-bond acceptors (Lipinski definition) is 5. The highest BCUT2D eigenvalue weighted by Crippen LogP contribution is 2.20. The van der Waals surface area contributed by atoms with E-state index in [9.17, 15) is 4.79 Å². The molecule has 7 nitrogen and oxygen atoms in total. The van der Waals surface area contributed by atoms with Crippen LogP contribution in [0.15, 0.2) is 29.0 Å². The van der Waals surface area contributed by atoms with Gasteiger partial charge in [0.1, 0.15) is 11.6 Å². The van der Waals surface area contributed by atoms with E-state index in [0.29, 0.717) is 19.8 Å². The summed E-state index contributed by atoms with van der Waals surface area (Å²) in [4.78, 5) is 21.4. The molecule has 0 N–H and O–H groups in total. The molecule has 2 aliphatic rings. The molecule has 0 aromatic carbocycles. The second-order valence-electron chi connectivity index (χ2n) is 6.91. The number of rotatable bonds is 5. The molecule has 1 fully saturated rings. The van der Waals surface area contributed by atoms with Gasteiger partial charge in [-0.15, -0.1) is 0 Å². The minimum absolute atomic E-state index is 0.0282. The van der Waals surface area contributed by atoms with Gasteiger partial charge >= 0.3 is 0 Å². The van der Waals surface area contributed by atoms with E-state index < -0.39 is 0 Å². The summed E-state index contributed by atoms with van der Waals surface area (Å²) in [6, 6.07) is 3.88. The number of carbonyl (C=O) groups excluding carboxylic acids is 1. The van der Waals surface area contributed by atoms with Gasteiger partial charge in [-0.25, -0.2) is 4.98 Å². The van der Waals surface area contributed by atoms with Crippen molar-refractivity contribution in [3.63, 3.8) is 0 Å². The Labute approximate surface area is 147 Å². The van der Waals surface area contributed by atoms with Crippen molar-refractivity contribution in [2.75, 3.05) is 26.8 Å². The Morgan fingerprint density at radius 2 is 2.32 bits per heavy atom. The second-order valence-corrected chi connectivity index (χ2v) is 6.91. The summed E-state index contributed by atoms with van der Waals surface area (Å²) in [5.74, 6) is 2.16. The molecule has 0 radical (unpaired) electrons. The van der Waals surface area contributed by atoms with Gasteiger partial charge in [0.05, 0.1) is 37.6 Å². The van der Waals surface area contributed by atoms with Gasteiger partial charge in [-0.1, -0.05) is 0 Å². The van der Waals surface area contributed by atoms with Gasteiger partial charge in [0.15, 0.2) is 0 Å². The second kappa shape index (κ2) is 7.01. The van der Waals surface area contributed by atoms with Crippen LogP contribution in [0.5, 0.6) is 0 Å².